The fourth-order valence-corrected chi connectivity index (χ4v) is 3.62. The molecule has 0 bridgehead atoms. The zero-order chi connectivity index (χ0) is 14.9. The predicted molar refractivity (Wildman–Crippen MR) is 72.8 cm³/mol. The van der Waals surface area contributed by atoms with Crippen molar-refractivity contribution in [2.24, 2.45) is 12.9 Å². The van der Waals surface area contributed by atoms with Gasteiger partial charge < -0.3 is 5.43 Å². The summed E-state index contributed by atoms with van der Waals surface area (Å²) in [7, 11) is -2.32. The maximum absolute atomic E-state index is 12.1. The Morgan fingerprint density at radius 2 is 2.25 bits per heavy atom. The number of anilines is 2. The van der Waals surface area contributed by atoms with Crippen LogP contribution in [-0.2, 0) is 17.1 Å². The molecule has 0 spiro atoms. The Balaban J connectivity index is 2.37. The van der Waals surface area contributed by atoms with Crippen LogP contribution >= 0.6 is 11.3 Å². The van der Waals surface area contributed by atoms with Crippen LogP contribution in [0.15, 0.2) is 22.5 Å². The van der Waals surface area contributed by atoms with E-state index in [1.807, 2.05) is 0 Å². The van der Waals surface area contributed by atoms with Gasteiger partial charge in [-0.2, -0.15) is 5.10 Å². The normalized spacial score (nSPS) is 11.3. The highest BCUT2D eigenvalue weighted by Crippen LogP contribution is 2.36. The summed E-state index contributed by atoms with van der Waals surface area (Å²) in [6.45, 7) is 0. The van der Waals surface area contributed by atoms with Crippen LogP contribution in [0.25, 0.3) is 0 Å². The quantitative estimate of drug-likeness (QED) is 0.413. The third-order valence-electron chi connectivity index (χ3n) is 2.24. The van der Waals surface area contributed by atoms with Crippen LogP contribution in [-0.4, -0.2) is 23.1 Å². The van der Waals surface area contributed by atoms with Gasteiger partial charge in [-0.1, -0.05) is 11.3 Å². The molecule has 2 aromatic heterocycles. The van der Waals surface area contributed by atoms with Crippen molar-refractivity contribution < 1.29 is 13.3 Å². The number of hydrogen-bond donors (Lipinski definition) is 3. The summed E-state index contributed by atoms with van der Waals surface area (Å²) in [6, 6.07) is 2.40. The molecule has 10 nitrogen and oxygen atoms in total. The first kappa shape index (κ1) is 14.2. The smallest absolute Gasteiger partial charge is 0.306 e. The summed E-state index contributed by atoms with van der Waals surface area (Å²) in [5, 5.41) is 14.6. The number of rotatable bonds is 5. The van der Waals surface area contributed by atoms with Crippen LogP contribution in [0.4, 0.5) is 16.5 Å². The molecule has 0 aliphatic heterocycles. The summed E-state index contributed by atoms with van der Waals surface area (Å²) in [5.74, 6) is 5.24. The number of aromatic nitrogens is 2. The first-order valence-corrected chi connectivity index (χ1v) is 7.41. The molecule has 0 fully saturated rings. The topological polar surface area (TPSA) is 145 Å². The van der Waals surface area contributed by atoms with E-state index < -0.39 is 20.6 Å². The van der Waals surface area contributed by atoms with Crippen LogP contribution in [0.5, 0.6) is 0 Å². The van der Waals surface area contributed by atoms with Gasteiger partial charge >= 0.3 is 5.69 Å². The summed E-state index contributed by atoms with van der Waals surface area (Å²) in [6.07, 6.45) is 1.56. The Labute approximate surface area is 117 Å². The fraction of sp³-hybridized carbons (Fsp3) is 0.125. The Bertz CT molecular complexity index is 749. The van der Waals surface area contributed by atoms with E-state index in [0.717, 1.165) is 6.07 Å². The number of thiophene rings is 1. The van der Waals surface area contributed by atoms with Gasteiger partial charge in [-0.15, -0.1) is 0 Å². The zero-order valence-corrected chi connectivity index (χ0v) is 11.7. The second kappa shape index (κ2) is 5.07. The molecule has 108 valence electrons. The van der Waals surface area contributed by atoms with Gasteiger partial charge in [-0.05, 0) is 0 Å². The third kappa shape index (κ3) is 2.71. The molecule has 0 aliphatic carbocycles. The van der Waals surface area contributed by atoms with Gasteiger partial charge in [0, 0.05) is 25.4 Å². The van der Waals surface area contributed by atoms with Gasteiger partial charge in [-0.25, -0.2) is 14.3 Å². The first-order valence-electron chi connectivity index (χ1n) is 5.11. The lowest BCUT2D eigenvalue weighted by Gasteiger charge is -2.01. The molecule has 2 heterocycles. The molecule has 2 aromatic rings. The molecule has 0 unspecified atom stereocenters. The van der Waals surface area contributed by atoms with E-state index in [1.54, 1.807) is 13.2 Å². The molecule has 4 N–H and O–H groups in total. The highest BCUT2D eigenvalue weighted by molar-refractivity contribution is 7.94. The Kier molecular flexibility index (Phi) is 3.61. The second-order valence-corrected chi connectivity index (χ2v) is 6.62. The minimum Gasteiger partial charge on any atom is -0.310 e. The monoisotopic (exact) mass is 318 g/mol. The first-order chi connectivity index (χ1) is 9.33. The number of nitrogens with two attached hydrogens (primary N) is 1. The Hall–Kier alpha value is -2.18. The van der Waals surface area contributed by atoms with Crippen molar-refractivity contribution in [2.75, 3.05) is 10.1 Å². The number of hydrogen-bond acceptors (Lipinski definition) is 8. The zero-order valence-electron chi connectivity index (χ0n) is 10.1. The molecule has 0 aromatic carbocycles. The summed E-state index contributed by atoms with van der Waals surface area (Å²) < 4.78 is 27.6. The van der Waals surface area contributed by atoms with E-state index in [9.17, 15) is 18.5 Å². The average Bonchev–Trinajstić information content (AvgIpc) is 2.95. The highest BCUT2D eigenvalue weighted by atomic mass is 32.2. The van der Waals surface area contributed by atoms with Gasteiger partial charge in [-0.3, -0.25) is 19.5 Å². The lowest BCUT2D eigenvalue weighted by Crippen LogP contribution is -2.12. The molecule has 20 heavy (non-hydrogen) atoms. The Morgan fingerprint density at radius 3 is 2.70 bits per heavy atom. The molecule has 2 rings (SSSR count). The predicted octanol–water partition coefficient (Wildman–Crippen LogP) is 0.476. The van der Waals surface area contributed by atoms with Crippen LogP contribution in [0.3, 0.4) is 0 Å². The molecule has 0 saturated carbocycles. The second-order valence-electron chi connectivity index (χ2n) is 3.66. The van der Waals surface area contributed by atoms with Gasteiger partial charge in [0.15, 0.2) is 10.8 Å². The van der Waals surface area contributed by atoms with E-state index in [2.05, 4.69) is 15.2 Å². The highest BCUT2D eigenvalue weighted by Gasteiger charge is 2.26. The Morgan fingerprint density at radius 1 is 1.55 bits per heavy atom. The number of nitrogens with zero attached hydrogens (tertiary/aromatic N) is 3. The molecule has 0 aliphatic rings. The van der Waals surface area contributed by atoms with Crippen molar-refractivity contribution in [3.05, 3.63) is 28.4 Å². The van der Waals surface area contributed by atoms with E-state index in [0.29, 0.717) is 11.3 Å². The minimum absolute atomic E-state index is 0.0450. The van der Waals surface area contributed by atoms with Crippen molar-refractivity contribution in [2.45, 2.75) is 4.21 Å². The SMILES string of the molecule is Cn1ccc(NS(=O)(=O)c2cc([N+](=O)[O-])c(NN)s2)n1. The van der Waals surface area contributed by atoms with E-state index in [-0.39, 0.29) is 15.0 Å². The number of hydrazine groups is 1. The van der Waals surface area contributed by atoms with Crippen molar-refractivity contribution >= 4 is 37.9 Å². The lowest BCUT2D eigenvalue weighted by atomic mass is 10.5. The molecule has 0 radical (unpaired) electrons. The summed E-state index contributed by atoms with van der Waals surface area (Å²) in [5.41, 5.74) is 1.70. The molecular weight excluding hydrogens is 308 g/mol. The minimum atomic E-state index is -3.95. The van der Waals surface area contributed by atoms with Crippen LogP contribution in [0.1, 0.15) is 0 Å². The lowest BCUT2D eigenvalue weighted by molar-refractivity contribution is -0.383. The van der Waals surface area contributed by atoms with Crippen LogP contribution in [0.2, 0.25) is 0 Å². The molecule has 0 amide bonds. The molecular formula is C8H10N6O4S2. The summed E-state index contributed by atoms with van der Waals surface area (Å²) in [4.78, 5) is 10.1. The molecule has 12 heteroatoms. The van der Waals surface area contributed by atoms with E-state index >= 15 is 0 Å². The number of aryl methyl sites for hydroxylation is 1. The van der Waals surface area contributed by atoms with Crippen molar-refractivity contribution in [3.8, 4) is 0 Å². The summed E-state index contributed by atoms with van der Waals surface area (Å²) >= 11 is 0.658. The standard InChI is InChI=1S/C8H10N6O4S2/c1-13-3-2-6(11-13)12-20(17,18)7-4-5(14(15)16)8(10-9)19-7/h2-4,10H,9H2,1H3,(H,11,12). The number of sulfonamides is 1. The van der Waals surface area contributed by atoms with Crippen molar-refractivity contribution in [1.82, 2.24) is 9.78 Å². The number of nitro groups is 1. The van der Waals surface area contributed by atoms with E-state index in [1.165, 1.54) is 10.7 Å². The number of nitrogen functional groups attached to an aromatic ring is 1. The van der Waals surface area contributed by atoms with Crippen LogP contribution < -0.4 is 16.0 Å². The van der Waals surface area contributed by atoms with E-state index in [4.69, 9.17) is 5.84 Å². The average molecular weight is 318 g/mol. The van der Waals surface area contributed by atoms with Gasteiger partial charge in [0.1, 0.15) is 4.21 Å². The maximum Gasteiger partial charge on any atom is 0.306 e. The maximum atomic E-state index is 12.1. The molecule has 0 saturated heterocycles. The van der Waals surface area contributed by atoms with Crippen LogP contribution in [0, 0.1) is 10.1 Å². The third-order valence-corrected chi connectivity index (χ3v) is 5.12. The van der Waals surface area contributed by atoms with Crippen molar-refractivity contribution in [1.29, 1.82) is 0 Å². The fourth-order valence-electron chi connectivity index (χ4n) is 1.39. The molecule has 0 atom stereocenters. The largest absolute Gasteiger partial charge is 0.310 e. The van der Waals surface area contributed by atoms with Gasteiger partial charge in [0.05, 0.1) is 4.92 Å². The van der Waals surface area contributed by atoms with Gasteiger partial charge in [0.2, 0.25) is 0 Å². The number of nitrogens with one attached hydrogen (secondary N) is 2. The van der Waals surface area contributed by atoms with Gasteiger partial charge in [0.25, 0.3) is 10.0 Å². The van der Waals surface area contributed by atoms with Crippen molar-refractivity contribution in [3.63, 3.8) is 0 Å².